The number of nitrogens with zero attached hydrogens (tertiary/aromatic N) is 1. The lowest BCUT2D eigenvalue weighted by Gasteiger charge is -2.02. The van der Waals surface area contributed by atoms with Crippen molar-refractivity contribution in [1.29, 1.82) is 0 Å². The van der Waals surface area contributed by atoms with Crippen molar-refractivity contribution >= 4 is 5.91 Å². The average Bonchev–Trinajstić information content (AvgIpc) is 2.34. The van der Waals surface area contributed by atoms with E-state index in [9.17, 15) is 4.79 Å². The number of aromatic nitrogens is 1. The highest BCUT2D eigenvalue weighted by Gasteiger charge is 2.12. The fourth-order valence-corrected chi connectivity index (χ4v) is 1.65. The van der Waals surface area contributed by atoms with E-state index < -0.39 is 0 Å². The molecule has 0 saturated carbocycles. The summed E-state index contributed by atoms with van der Waals surface area (Å²) in [6.07, 6.45) is 1.85. The van der Waals surface area contributed by atoms with Crippen LogP contribution >= 0.6 is 0 Å². The molecule has 3 heteroatoms. The maximum absolute atomic E-state index is 11.9. The zero-order valence-corrected chi connectivity index (χ0v) is 9.97. The summed E-state index contributed by atoms with van der Waals surface area (Å²) in [5, 5.41) is 0. The standard InChI is InChI=1S/C14H14N2O/c1-11-8-9-16(12(2)10-11)15-14(17)13-6-4-3-5-7-13/h3-10H,1-2H3/p+1. The molecule has 3 nitrogen and oxygen atoms in total. The van der Waals surface area contributed by atoms with Crippen LogP contribution < -0.4 is 10.1 Å². The number of aryl methyl sites for hydroxylation is 2. The Morgan fingerprint density at radius 2 is 1.82 bits per heavy atom. The Kier molecular flexibility index (Phi) is 3.19. The summed E-state index contributed by atoms with van der Waals surface area (Å²) < 4.78 is 1.72. The summed E-state index contributed by atoms with van der Waals surface area (Å²) in [7, 11) is 0. The van der Waals surface area contributed by atoms with Gasteiger partial charge >= 0.3 is 5.91 Å². The Labute approximate surface area is 101 Å². The molecule has 0 bridgehead atoms. The van der Waals surface area contributed by atoms with E-state index in [2.05, 4.69) is 5.43 Å². The predicted octanol–water partition coefficient (Wildman–Crippen LogP) is 1.97. The minimum atomic E-state index is -0.109. The molecule has 0 fully saturated rings. The molecule has 1 amide bonds. The molecule has 2 aromatic rings. The maximum atomic E-state index is 11.9. The number of benzene rings is 1. The molecule has 0 aliphatic heterocycles. The second kappa shape index (κ2) is 4.78. The summed E-state index contributed by atoms with van der Waals surface area (Å²) in [6, 6.07) is 13.1. The third kappa shape index (κ3) is 2.69. The molecule has 0 spiro atoms. The van der Waals surface area contributed by atoms with E-state index in [0.29, 0.717) is 5.56 Å². The first-order valence-corrected chi connectivity index (χ1v) is 5.52. The third-order valence-corrected chi connectivity index (χ3v) is 2.56. The molecule has 1 heterocycles. The van der Waals surface area contributed by atoms with Gasteiger partial charge in [-0.2, -0.15) is 0 Å². The number of hydrogen-bond acceptors (Lipinski definition) is 1. The van der Waals surface area contributed by atoms with Crippen molar-refractivity contribution < 1.29 is 9.47 Å². The van der Waals surface area contributed by atoms with Gasteiger partial charge in [-0.25, -0.2) is 0 Å². The largest absolute Gasteiger partial charge is 0.305 e. The lowest BCUT2D eigenvalue weighted by molar-refractivity contribution is -0.647. The van der Waals surface area contributed by atoms with Crippen LogP contribution in [0.25, 0.3) is 0 Å². The minimum Gasteiger partial charge on any atom is -0.264 e. The SMILES string of the molecule is Cc1cc[n+](NC(=O)c2ccccc2)c(C)c1. The first-order chi connectivity index (χ1) is 8.16. The number of amides is 1. The van der Waals surface area contributed by atoms with Gasteiger partial charge in [0, 0.05) is 24.6 Å². The normalized spacial score (nSPS) is 10.0. The number of carbonyl (C=O) groups excluding carboxylic acids is 1. The lowest BCUT2D eigenvalue weighted by atomic mass is 10.2. The van der Waals surface area contributed by atoms with Crippen LogP contribution in [0.3, 0.4) is 0 Å². The molecule has 1 aromatic carbocycles. The first-order valence-electron chi connectivity index (χ1n) is 5.52. The highest BCUT2D eigenvalue weighted by Crippen LogP contribution is 1.99. The zero-order chi connectivity index (χ0) is 12.3. The van der Waals surface area contributed by atoms with Crippen LogP contribution in [0.2, 0.25) is 0 Å². The molecule has 2 rings (SSSR count). The smallest absolute Gasteiger partial charge is 0.264 e. The van der Waals surface area contributed by atoms with Gasteiger partial charge in [-0.1, -0.05) is 22.9 Å². The Hall–Kier alpha value is -2.16. The lowest BCUT2D eigenvalue weighted by Crippen LogP contribution is -2.50. The van der Waals surface area contributed by atoms with Crippen LogP contribution in [0.4, 0.5) is 0 Å². The zero-order valence-electron chi connectivity index (χ0n) is 9.97. The van der Waals surface area contributed by atoms with Crippen LogP contribution in [0.15, 0.2) is 48.7 Å². The molecule has 86 valence electrons. The van der Waals surface area contributed by atoms with Crippen molar-refractivity contribution in [2.75, 3.05) is 5.43 Å². The van der Waals surface area contributed by atoms with Crippen molar-refractivity contribution in [2.45, 2.75) is 13.8 Å². The molecule has 0 atom stereocenters. The van der Waals surface area contributed by atoms with Gasteiger partial charge in [-0.3, -0.25) is 4.79 Å². The summed E-state index contributed by atoms with van der Waals surface area (Å²) in [6.45, 7) is 3.98. The topological polar surface area (TPSA) is 33.0 Å². The van der Waals surface area contributed by atoms with Gasteiger partial charge in [0.15, 0.2) is 0 Å². The number of hydrogen-bond donors (Lipinski definition) is 1. The van der Waals surface area contributed by atoms with Gasteiger partial charge in [0.25, 0.3) is 0 Å². The van der Waals surface area contributed by atoms with Crippen LogP contribution in [0, 0.1) is 13.8 Å². The van der Waals surface area contributed by atoms with Crippen LogP contribution in [0.1, 0.15) is 21.6 Å². The first kappa shape index (κ1) is 11.3. The van der Waals surface area contributed by atoms with Gasteiger partial charge in [-0.15, -0.1) is 5.43 Å². The van der Waals surface area contributed by atoms with E-state index >= 15 is 0 Å². The van der Waals surface area contributed by atoms with Gasteiger partial charge in [0.1, 0.15) is 0 Å². The Balaban J connectivity index is 2.19. The Morgan fingerprint density at radius 1 is 1.12 bits per heavy atom. The third-order valence-electron chi connectivity index (χ3n) is 2.56. The van der Waals surface area contributed by atoms with Crippen molar-refractivity contribution in [3.8, 4) is 0 Å². The minimum absolute atomic E-state index is 0.109. The average molecular weight is 227 g/mol. The molecule has 0 saturated heterocycles. The molecule has 0 aliphatic carbocycles. The van der Waals surface area contributed by atoms with Crippen molar-refractivity contribution in [1.82, 2.24) is 0 Å². The highest BCUT2D eigenvalue weighted by molar-refractivity contribution is 5.98. The maximum Gasteiger partial charge on any atom is 0.305 e. The summed E-state index contributed by atoms with van der Waals surface area (Å²) in [5.41, 5.74) is 5.65. The predicted molar refractivity (Wildman–Crippen MR) is 66.2 cm³/mol. The molecule has 0 aliphatic rings. The van der Waals surface area contributed by atoms with E-state index in [-0.39, 0.29) is 5.91 Å². The van der Waals surface area contributed by atoms with Gasteiger partial charge < -0.3 is 0 Å². The molecule has 1 N–H and O–H groups in total. The van der Waals surface area contributed by atoms with Gasteiger partial charge in [-0.05, 0) is 24.6 Å². The van der Waals surface area contributed by atoms with Crippen LogP contribution in [-0.2, 0) is 0 Å². The molecular formula is C14H15N2O+. The van der Waals surface area contributed by atoms with E-state index in [0.717, 1.165) is 5.69 Å². The number of nitrogens with one attached hydrogen (secondary N) is 1. The van der Waals surface area contributed by atoms with Crippen molar-refractivity contribution in [3.05, 3.63) is 65.5 Å². The van der Waals surface area contributed by atoms with E-state index in [1.165, 1.54) is 5.56 Å². The van der Waals surface area contributed by atoms with Crippen molar-refractivity contribution in [3.63, 3.8) is 0 Å². The second-order valence-corrected chi connectivity index (χ2v) is 4.02. The van der Waals surface area contributed by atoms with Gasteiger partial charge in [0.05, 0.1) is 0 Å². The number of rotatable bonds is 2. The summed E-state index contributed by atoms with van der Waals surface area (Å²) in [5.74, 6) is -0.109. The highest BCUT2D eigenvalue weighted by atomic mass is 16.2. The van der Waals surface area contributed by atoms with E-state index in [1.54, 1.807) is 16.8 Å². The molecule has 1 aromatic heterocycles. The monoisotopic (exact) mass is 227 g/mol. The Morgan fingerprint density at radius 3 is 2.47 bits per heavy atom. The fraction of sp³-hybridized carbons (Fsp3) is 0.143. The number of carbonyl (C=O) groups is 1. The molecule has 0 unspecified atom stereocenters. The van der Waals surface area contributed by atoms with Gasteiger partial charge in [0.2, 0.25) is 11.9 Å². The van der Waals surface area contributed by atoms with E-state index in [1.807, 2.05) is 50.4 Å². The quantitative estimate of drug-likeness (QED) is 0.782. The van der Waals surface area contributed by atoms with Crippen LogP contribution in [-0.4, -0.2) is 5.91 Å². The molecule has 17 heavy (non-hydrogen) atoms. The molecular weight excluding hydrogens is 212 g/mol. The fourth-order valence-electron chi connectivity index (χ4n) is 1.65. The molecule has 0 radical (unpaired) electrons. The summed E-state index contributed by atoms with van der Waals surface area (Å²) >= 11 is 0. The summed E-state index contributed by atoms with van der Waals surface area (Å²) in [4.78, 5) is 11.9. The van der Waals surface area contributed by atoms with E-state index in [4.69, 9.17) is 0 Å². The Bertz CT molecular complexity index is 535. The van der Waals surface area contributed by atoms with Crippen molar-refractivity contribution in [2.24, 2.45) is 0 Å². The van der Waals surface area contributed by atoms with Crippen LogP contribution in [0.5, 0.6) is 0 Å². The number of pyridine rings is 1. The second-order valence-electron chi connectivity index (χ2n) is 4.02.